The molecule has 2 N–H and O–H groups in total. The molecule has 0 radical (unpaired) electrons. The zero-order valence-corrected chi connectivity index (χ0v) is 14.4. The smallest absolute Gasteiger partial charge is 0.271 e. The summed E-state index contributed by atoms with van der Waals surface area (Å²) in [6.45, 7) is 5.32. The second kappa shape index (κ2) is 8.63. The van der Waals surface area contributed by atoms with Crippen molar-refractivity contribution in [3.8, 4) is 5.75 Å². The fourth-order valence-electron chi connectivity index (χ4n) is 2.08. The molecule has 6 heteroatoms. The lowest BCUT2D eigenvalue weighted by Gasteiger charge is -2.11. The molecule has 2 rings (SSSR count). The van der Waals surface area contributed by atoms with E-state index in [1.54, 1.807) is 30.5 Å². The molecule has 0 bridgehead atoms. The summed E-state index contributed by atoms with van der Waals surface area (Å²) < 4.78 is 5.69. The Hall–Kier alpha value is -3.15. The molecule has 130 valence electrons. The van der Waals surface area contributed by atoms with Crippen molar-refractivity contribution in [1.29, 1.82) is 0 Å². The SMILES string of the molecule is CC(=O)Nc1ccc(C(=O)NN=Cc2ccccc2OC(C)C)cc1. The molecule has 0 atom stereocenters. The van der Waals surface area contributed by atoms with E-state index in [-0.39, 0.29) is 17.9 Å². The summed E-state index contributed by atoms with van der Waals surface area (Å²) in [5.74, 6) is 0.201. The maximum Gasteiger partial charge on any atom is 0.271 e. The Bertz CT molecular complexity index is 768. The molecule has 0 saturated heterocycles. The van der Waals surface area contributed by atoms with Crippen LogP contribution >= 0.6 is 0 Å². The molecule has 2 aromatic rings. The fourth-order valence-corrected chi connectivity index (χ4v) is 2.08. The highest BCUT2D eigenvalue weighted by molar-refractivity contribution is 5.96. The fraction of sp³-hybridized carbons (Fsp3) is 0.211. The second-order valence-corrected chi connectivity index (χ2v) is 5.66. The average Bonchev–Trinajstić information content (AvgIpc) is 2.56. The highest BCUT2D eigenvalue weighted by atomic mass is 16.5. The maximum absolute atomic E-state index is 12.1. The molecule has 6 nitrogen and oxygen atoms in total. The molecule has 25 heavy (non-hydrogen) atoms. The van der Waals surface area contributed by atoms with Gasteiger partial charge in [-0.05, 0) is 50.2 Å². The number of para-hydroxylation sites is 1. The van der Waals surface area contributed by atoms with Gasteiger partial charge in [-0.3, -0.25) is 9.59 Å². The summed E-state index contributed by atoms with van der Waals surface area (Å²) in [6.07, 6.45) is 1.59. The predicted molar refractivity (Wildman–Crippen MR) is 98.0 cm³/mol. The van der Waals surface area contributed by atoms with E-state index in [1.807, 2.05) is 38.1 Å². The van der Waals surface area contributed by atoms with E-state index in [4.69, 9.17) is 4.74 Å². The summed E-state index contributed by atoms with van der Waals surface area (Å²) >= 11 is 0. The molecular formula is C19H21N3O3. The van der Waals surface area contributed by atoms with Gasteiger partial charge in [-0.25, -0.2) is 5.43 Å². The molecule has 0 aliphatic heterocycles. The number of nitrogens with zero attached hydrogens (tertiary/aromatic N) is 1. The first-order chi connectivity index (χ1) is 12.0. The van der Waals surface area contributed by atoms with Crippen LogP contribution in [0.3, 0.4) is 0 Å². The first-order valence-corrected chi connectivity index (χ1v) is 7.92. The largest absolute Gasteiger partial charge is 0.490 e. The van der Waals surface area contributed by atoms with Gasteiger partial charge in [0.05, 0.1) is 12.3 Å². The third kappa shape index (κ3) is 5.76. The quantitative estimate of drug-likeness (QED) is 0.626. The number of nitrogens with one attached hydrogen (secondary N) is 2. The van der Waals surface area contributed by atoms with E-state index in [0.29, 0.717) is 17.0 Å². The summed E-state index contributed by atoms with van der Waals surface area (Å²) in [5, 5.41) is 6.63. The van der Waals surface area contributed by atoms with Crippen LogP contribution in [0.25, 0.3) is 0 Å². The zero-order valence-electron chi connectivity index (χ0n) is 14.4. The van der Waals surface area contributed by atoms with Gasteiger partial charge < -0.3 is 10.1 Å². The number of benzene rings is 2. The Morgan fingerprint density at radius 1 is 1.08 bits per heavy atom. The van der Waals surface area contributed by atoms with Crippen molar-refractivity contribution in [2.75, 3.05) is 5.32 Å². The first-order valence-electron chi connectivity index (χ1n) is 7.92. The molecule has 0 aromatic heterocycles. The minimum absolute atomic E-state index is 0.0475. The van der Waals surface area contributed by atoms with Crippen LogP contribution in [0.1, 0.15) is 36.7 Å². The van der Waals surface area contributed by atoms with Gasteiger partial charge in [0.15, 0.2) is 0 Å². The molecule has 0 aliphatic carbocycles. The van der Waals surface area contributed by atoms with Gasteiger partial charge >= 0.3 is 0 Å². The van der Waals surface area contributed by atoms with Crippen molar-refractivity contribution < 1.29 is 14.3 Å². The molecule has 0 aliphatic rings. The third-order valence-electron chi connectivity index (χ3n) is 3.12. The lowest BCUT2D eigenvalue weighted by molar-refractivity contribution is -0.114. The van der Waals surface area contributed by atoms with E-state index in [0.717, 1.165) is 5.56 Å². The number of anilines is 1. The average molecular weight is 339 g/mol. The summed E-state index contributed by atoms with van der Waals surface area (Å²) in [4.78, 5) is 23.1. The lowest BCUT2D eigenvalue weighted by atomic mass is 10.2. The van der Waals surface area contributed by atoms with Crippen molar-refractivity contribution in [2.24, 2.45) is 5.10 Å². The van der Waals surface area contributed by atoms with Gasteiger partial charge in [-0.2, -0.15) is 5.10 Å². The van der Waals surface area contributed by atoms with Crippen LogP contribution in [0.5, 0.6) is 5.75 Å². The highest BCUT2D eigenvalue weighted by Crippen LogP contribution is 2.17. The molecule has 0 saturated carbocycles. The number of hydrogen-bond donors (Lipinski definition) is 2. The molecular weight excluding hydrogens is 318 g/mol. The van der Waals surface area contributed by atoms with Gasteiger partial charge in [0.2, 0.25) is 5.91 Å². The van der Waals surface area contributed by atoms with Crippen molar-refractivity contribution in [3.63, 3.8) is 0 Å². The van der Waals surface area contributed by atoms with E-state index >= 15 is 0 Å². The number of amides is 2. The second-order valence-electron chi connectivity index (χ2n) is 5.66. The lowest BCUT2D eigenvalue weighted by Crippen LogP contribution is -2.17. The van der Waals surface area contributed by atoms with Crippen molar-refractivity contribution in [2.45, 2.75) is 26.9 Å². The summed E-state index contributed by atoms with van der Waals surface area (Å²) in [6, 6.07) is 14.0. The van der Waals surface area contributed by atoms with Gasteiger partial charge in [0.25, 0.3) is 5.91 Å². The molecule has 0 fully saturated rings. The molecule has 2 aromatic carbocycles. The van der Waals surface area contributed by atoms with Crippen molar-refractivity contribution in [3.05, 3.63) is 59.7 Å². The highest BCUT2D eigenvalue weighted by Gasteiger charge is 2.06. The van der Waals surface area contributed by atoms with Gasteiger partial charge in [0, 0.05) is 23.7 Å². The Kier molecular flexibility index (Phi) is 6.28. The Balaban J connectivity index is 2.00. The van der Waals surface area contributed by atoms with E-state index in [9.17, 15) is 9.59 Å². The Morgan fingerprint density at radius 3 is 2.40 bits per heavy atom. The summed E-state index contributed by atoms with van der Waals surface area (Å²) in [7, 11) is 0. The van der Waals surface area contributed by atoms with Gasteiger partial charge in [-0.1, -0.05) is 12.1 Å². The van der Waals surface area contributed by atoms with Crippen molar-refractivity contribution in [1.82, 2.24) is 5.43 Å². The third-order valence-corrected chi connectivity index (χ3v) is 3.12. The molecule has 0 heterocycles. The van der Waals surface area contributed by atoms with E-state index in [1.165, 1.54) is 6.92 Å². The first kappa shape index (κ1) is 18.2. The minimum atomic E-state index is -0.340. The van der Waals surface area contributed by atoms with Crippen molar-refractivity contribution >= 4 is 23.7 Å². The topological polar surface area (TPSA) is 79.8 Å². The van der Waals surface area contributed by atoms with Gasteiger partial charge in [0.1, 0.15) is 5.75 Å². The number of carbonyl (C=O) groups excluding carboxylic acids is 2. The number of ether oxygens (including phenoxy) is 1. The maximum atomic E-state index is 12.1. The molecule has 2 amide bonds. The van der Waals surface area contributed by atoms with Crippen LogP contribution in [0.2, 0.25) is 0 Å². The van der Waals surface area contributed by atoms with Crippen LogP contribution in [0, 0.1) is 0 Å². The number of carbonyl (C=O) groups is 2. The normalized spacial score (nSPS) is 10.7. The zero-order chi connectivity index (χ0) is 18.2. The van der Waals surface area contributed by atoms with Gasteiger partial charge in [-0.15, -0.1) is 0 Å². The number of rotatable bonds is 6. The predicted octanol–water partition coefficient (Wildman–Crippen LogP) is 3.20. The monoisotopic (exact) mass is 339 g/mol. The van der Waals surface area contributed by atoms with E-state index in [2.05, 4.69) is 15.8 Å². The van der Waals surface area contributed by atoms with E-state index < -0.39 is 0 Å². The number of hydrogen-bond acceptors (Lipinski definition) is 4. The molecule has 0 unspecified atom stereocenters. The Labute approximate surface area is 146 Å². The van der Waals surface area contributed by atoms with Crippen LogP contribution in [0.15, 0.2) is 53.6 Å². The minimum Gasteiger partial charge on any atom is -0.490 e. The molecule has 0 spiro atoms. The van der Waals surface area contributed by atoms with Crippen LogP contribution < -0.4 is 15.5 Å². The van der Waals surface area contributed by atoms with Crippen LogP contribution in [0.4, 0.5) is 5.69 Å². The summed E-state index contributed by atoms with van der Waals surface area (Å²) in [5.41, 5.74) is 4.33. The number of hydrazone groups is 1. The van der Waals surface area contributed by atoms with Crippen LogP contribution in [-0.4, -0.2) is 24.1 Å². The van der Waals surface area contributed by atoms with Crippen LogP contribution in [-0.2, 0) is 4.79 Å². The Morgan fingerprint density at radius 2 is 1.76 bits per heavy atom. The standard InChI is InChI=1S/C19H21N3O3/c1-13(2)25-18-7-5-4-6-16(18)12-20-22-19(24)15-8-10-17(11-9-15)21-14(3)23/h4-13H,1-3H3,(H,21,23)(H,22,24).